The van der Waals surface area contributed by atoms with Gasteiger partial charge in [0.25, 0.3) is 0 Å². The lowest BCUT2D eigenvalue weighted by atomic mass is 10.1. The Hall–Kier alpha value is -3.41. The van der Waals surface area contributed by atoms with E-state index in [1.54, 1.807) is 36.4 Å². The average molecular weight is 354 g/mol. The molecule has 0 aliphatic carbocycles. The number of esters is 2. The predicted octanol–water partition coefficient (Wildman–Crippen LogP) is 4.16. The molecule has 0 radical (unpaired) electrons. The van der Waals surface area contributed by atoms with Crippen molar-refractivity contribution in [3.63, 3.8) is 0 Å². The Labute approximate surface area is 149 Å². The molecule has 0 bridgehead atoms. The highest BCUT2D eigenvalue weighted by Crippen LogP contribution is 2.25. The zero-order chi connectivity index (χ0) is 18.5. The third kappa shape index (κ3) is 3.80. The summed E-state index contributed by atoms with van der Waals surface area (Å²) in [6, 6.07) is 17.2. The Kier molecular flexibility index (Phi) is 5.12. The number of hydrogen-bond acceptors (Lipinski definition) is 5. The summed E-state index contributed by atoms with van der Waals surface area (Å²) in [7, 11) is 1.21. The third-order valence-electron chi connectivity index (χ3n) is 3.68. The molecule has 0 amide bonds. The van der Waals surface area contributed by atoms with Crippen LogP contribution in [0.15, 0.2) is 71.1 Å². The maximum Gasteiger partial charge on any atom is 0.375 e. The van der Waals surface area contributed by atoms with E-state index in [-0.39, 0.29) is 11.6 Å². The van der Waals surface area contributed by atoms with Gasteiger partial charge in [0.1, 0.15) is 11.6 Å². The number of methoxy groups -OCH3 is 1. The number of carbonyl (C=O) groups excluding carboxylic acids is 2. The molecule has 2 aromatic carbocycles. The molecule has 0 aliphatic rings. The maximum atomic E-state index is 13.0. The number of benzene rings is 2. The molecule has 3 rings (SSSR count). The van der Waals surface area contributed by atoms with Crippen molar-refractivity contribution in [3.8, 4) is 11.3 Å². The molecular weight excluding hydrogens is 339 g/mol. The standard InChI is InChI=1S/C20H15FO5/c1-24-20(23)18(14-5-3-2-4-6-14)26-19(22)17-12-11-16(25-17)13-7-9-15(21)10-8-13/h2-12,18H,1H3. The van der Waals surface area contributed by atoms with Crippen LogP contribution in [0, 0.1) is 5.82 Å². The Morgan fingerprint density at radius 2 is 1.65 bits per heavy atom. The monoisotopic (exact) mass is 354 g/mol. The molecule has 0 N–H and O–H groups in total. The van der Waals surface area contributed by atoms with Crippen LogP contribution < -0.4 is 0 Å². The Morgan fingerprint density at radius 1 is 0.962 bits per heavy atom. The molecule has 0 aliphatic heterocycles. The third-order valence-corrected chi connectivity index (χ3v) is 3.68. The molecule has 1 aromatic heterocycles. The maximum absolute atomic E-state index is 13.0. The number of hydrogen-bond donors (Lipinski definition) is 0. The van der Waals surface area contributed by atoms with Gasteiger partial charge in [-0.15, -0.1) is 0 Å². The normalized spacial score (nSPS) is 11.6. The lowest BCUT2D eigenvalue weighted by molar-refractivity contribution is -0.151. The van der Waals surface area contributed by atoms with Crippen molar-refractivity contribution in [2.45, 2.75) is 6.10 Å². The molecule has 1 atom stereocenters. The van der Waals surface area contributed by atoms with Crippen molar-refractivity contribution in [1.82, 2.24) is 0 Å². The van der Waals surface area contributed by atoms with Gasteiger partial charge >= 0.3 is 11.9 Å². The molecular formula is C20H15FO5. The smallest absolute Gasteiger partial charge is 0.375 e. The summed E-state index contributed by atoms with van der Waals surface area (Å²) in [5.74, 6) is -1.57. The van der Waals surface area contributed by atoms with E-state index in [1.807, 2.05) is 0 Å². The van der Waals surface area contributed by atoms with Gasteiger partial charge in [0, 0.05) is 11.1 Å². The lowest BCUT2D eigenvalue weighted by Gasteiger charge is -2.15. The first kappa shape index (κ1) is 17.4. The summed E-state index contributed by atoms with van der Waals surface area (Å²) in [6.07, 6.45) is -1.20. The van der Waals surface area contributed by atoms with Crippen LogP contribution in [0.5, 0.6) is 0 Å². The summed E-state index contributed by atoms with van der Waals surface area (Å²) in [6.45, 7) is 0. The molecule has 1 heterocycles. The van der Waals surface area contributed by atoms with Crippen LogP contribution in [0.1, 0.15) is 22.2 Å². The highest BCUT2D eigenvalue weighted by Gasteiger charge is 2.27. The Balaban J connectivity index is 1.80. The van der Waals surface area contributed by atoms with Crippen LogP contribution in [0.2, 0.25) is 0 Å². The topological polar surface area (TPSA) is 65.7 Å². The van der Waals surface area contributed by atoms with E-state index in [4.69, 9.17) is 13.9 Å². The van der Waals surface area contributed by atoms with Crippen molar-refractivity contribution in [2.75, 3.05) is 7.11 Å². The van der Waals surface area contributed by atoms with E-state index in [9.17, 15) is 14.0 Å². The van der Waals surface area contributed by atoms with Crippen LogP contribution in [-0.2, 0) is 14.3 Å². The van der Waals surface area contributed by atoms with Gasteiger partial charge in [0.2, 0.25) is 11.9 Å². The second-order valence-corrected chi connectivity index (χ2v) is 5.39. The first-order chi connectivity index (χ1) is 12.6. The number of ether oxygens (including phenoxy) is 2. The van der Waals surface area contributed by atoms with Crippen LogP contribution in [0.4, 0.5) is 4.39 Å². The highest BCUT2D eigenvalue weighted by atomic mass is 19.1. The van der Waals surface area contributed by atoms with Gasteiger partial charge in [-0.2, -0.15) is 0 Å². The zero-order valence-corrected chi connectivity index (χ0v) is 13.8. The molecule has 132 valence electrons. The van der Waals surface area contributed by atoms with Gasteiger partial charge in [-0.3, -0.25) is 0 Å². The molecule has 0 saturated carbocycles. The molecule has 0 fully saturated rings. The molecule has 1 unspecified atom stereocenters. The minimum absolute atomic E-state index is 0.0749. The first-order valence-corrected chi connectivity index (χ1v) is 7.78. The molecule has 26 heavy (non-hydrogen) atoms. The number of furan rings is 1. The summed E-state index contributed by atoms with van der Waals surface area (Å²) in [5, 5.41) is 0. The fourth-order valence-corrected chi connectivity index (χ4v) is 2.37. The predicted molar refractivity (Wildman–Crippen MR) is 90.7 cm³/mol. The molecule has 0 saturated heterocycles. The van der Waals surface area contributed by atoms with E-state index < -0.39 is 18.0 Å². The number of rotatable bonds is 5. The summed E-state index contributed by atoms with van der Waals surface area (Å²) >= 11 is 0. The lowest BCUT2D eigenvalue weighted by Crippen LogP contribution is -2.21. The average Bonchev–Trinajstić information content (AvgIpc) is 3.17. The van der Waals surface area contributed by atoms with Gasteiger partial charge in [-0.25, -0.2) is 14.0 Å². The first-order valence-electron chi connectivity index (χ1n) is 7.78. The van der Waals surface area contributed by atoms with Gasteiger partial charge in [0.15, 0.2) is 0 Å². The van der Waals surface area contributed by atoms with Crippen molar-refractivity contribution < 1.29 is 27.9 Å². The van der Waals surface area contributed by atoms with Gasteiger partial charge in [-0.1, -0.05) is 30.3 Å². The van der Waals surface area contributed by atoms with E-state index in [0.29, 0.717) is 16.9 Å². The van der Waals surface area contributed by atoms with Gasteiger partial charge in [-0.05, 0) is 36.4 Å². The second kappa shape index (κ2) is 7.65. The van der Waals surface area contributed by atoms with Crippen molar-refractivity contribution in [1.29, 1.82) is 0 Å². The summed E-state index contributed by atoms with van der Waals surface area (Å²) in [5.41, 5.74) is 1.09. The van der Waals surface area contributed by atoms with E-state index in [1.165, 1.54) is 37.4 Å². The van der Waals surface area contributed by atoms with E-state index in [0.717, 1.165) is 0 Å². The fraction of sp³-hybridized carbons (Fsp3) is 0.100. The Morgan fingerprint density at radius 3 is 2.31 bits per heavy atom. The SMILES string of the molecule is COC(=O)C(OC(=O)c1ccc(-c2ccc(F)cc2)o1)c1ccccc1. The van der Waals surface area contributed by atoms with E-state index >= 15 is 0 Å². The summed E-state index contributed by atoms with van der Waals surface area (Å²) < 4.78 is 28.5. The van der Waals surface area contributed by atoms with Crippen LogP contribution in [0.3, 0.4) is 0 Å². The van der Waals surface area contributed by atoms with Gasteiger partial charge in [0.05, 0.1) is 7.11 Å². The van der Waals surface area contributed by atoms with Crippen LogP contribution in [-0.4, -0.2) is 19.0 Å². The van der Waals surface area contributed by atoms with Crippen LogP contribution in [0.25, 0.3) is 11.3 Å². The summed E-state index contributed by atoms with van der Waals surface area (Å²) in [4.78, 5) is 24.3. The second-order valence-electron chi connectivity index (χ2n) is 5.39. The van der Waals surface area contributed by atoms with Crippen molar-refractivity contribution in [3.05, 3.63) is 83.9 Å². The van der Waals surface area contributed by atoms with Crippen molar-refractivity contribution in [2.24, 2.45) is 0 Å². The molecule has 6 heteroatoms. The zero-order valence-electron chi connectivity index (χ0n) is 13.8. The van der Waals surface area contributed by atoms with Crippen LogP contribution >= 0.6 is 0 Å². The van der Waals surface area contributed by atoms with Gasteiger partial charge < -0.3 is 13.9 Å². The number of halogens is 1. The van der Waals surface area contributed by atoms with Crippen molar-refractivity contribution >= 4 is 11.9 Å². The highest BCUT2D eigenvalue weighted by molar-refractivity contribution is 5.90. The van der Waals surface area contributed by atoms with E-state index in [2.05, 4.69) is 0 Å². The minimum Gasteiger partial charge on any atom is -0.466 e. The molecule has 0 spiro atoms. The number of carbonyl (C=O) groups is 2. The molecule has 3 aromatic rings. The molecule has 5 nitrogen and oxygen atoms in total. The quantitative estimate of drug-likeness (QED) is 0.644. The fourth-order valence-electron chi connectivity index (χ4n) is 2.37. The largest absolute Gasteiger partial charge is 0.466 e. The minimum atomic E-state index is -1.20. The Bertz CT molecular complexity index is 899.